The number of rotatable bonds is 4. The summed E-state index contributed by atoms with van der Waals surface area (Å²) in [7, 11) is 2.05. The number of hydrogen-bond donors (Lipinski definition) is 0. The summed E-state index contributed by atoms with van der Waals surface area (Å²) in [5, 5.41) is 0. The van der Waals surface area contributed by atoms with Crippen LogP contribution in [-0.2, 0) is 18.3 Å². The minimum Gasteiger partial charge on any atom is -0.353 e. The number of aromatic nitrogens is 3. The van der Waals surface area contributed by atoms with Crippen molar-refractivity contribution < 1.29 is 4.79 Å². The molecule has 3 heterocycles. The molecule has 5 nitrogen and oxygen atoms in total. The van der Waals surface area contributed by atoms with Gasteiger partial charge >= 0.3 is 0 Å². The first kappa shape index (κ1) is 14.8. The first-order chi connectivity index (χ1) is 10.8. The van der Waals surface area contributed by atoms with Gasteiger partial charge in [0.2, 0.25) is 5.91 Å². The number of nitrogens with zero attached hydrogens (tertiary/aromatic N) is 4. The zero-order valence-electron chi connectivity index (χ0n) is 13.0. The Hall–Kier alpha value is -2.17. The second kappa shape index (κ2) is 6.73. The van der Waals surface area contributed by atoms with Crippen LogP contribution in [-0.4, -0.2) is 31.9 Å². The predicted octanol–water partition coefficient (Wildman–Crippen LogP) is 2.50. The smallest absolute Gasteiger partial charge is 0.223 e. The zero-order chi connectivity index (χ0) is 15.4. The molecule has 3 rings (SSSR count). The van der Waals surface area contributed by atoms with Crippen LogP contribution in [0.2, 0.25) is 0 Å². The molecule has 1 aliphatic rings. The number of carbonyl (C=O) groups is 1. The third-order valence-electron chi connectivity index (χ3n) is 4.39. The Bertz CT molecular complexity index is 623. The lowest BCUT2D eigenvalue weighted by molar-refractivity contribution is -0.135. The molecule has 22 heavy (non-hydrogen) atoms. The van der Waals surface area contributed by atoms with E-state index in [-0.39, 0.29) is 11.9 Å². The molecule has 1 fully saturated rings. The molecule has 2 aromatic heterocycles. The Balaban J connectivity index is 1.68. The third kappa shape index (κ3) is 3.18. The molecule has 1 atom stereocenters. The lowest BCUT2D eigenvalue weighted by Crippen LogP contribution is -2.39. The van der Waals surface area contributed by atoms with Crippen LogP contribution in [0, 0.1) is 0 Å². The van der Waals surface area contributed by atoms with E-state index in [4.69, 9.17) is 0 Å². The van der Waals surface area contributed by atoms with Crippen molar-refractivity contribution >= 4 is 5.91 Å². The number of aryl methyl sites for hydroxylation is 2. The summed E-state index contributed by atoms with van der Waals surface area (Å²) in [5.41, 5.74) is 2.16. The number of amides is 1. The van der Waals surface area contributed by atoms with Gasteiger partial charge in [0.15, 0.2) is 0 Å². The average molecular weight is 298 g/mol. The van der Waals surface area contributed by atoms with Gasteiger partial charge in [0.25, 0.3) is 0 Å². The van der Waals surface area contributed by atoms with Crippen molar-refractivity contribution in [2.24, 2.45) is 7.05 Å². The largest absolute Gasteiger partial charge is 0.353 e. The van der Waals surface area contributed by atoms with E-state index in [0.717, 1.165) is 25.1 Å². The first-order valence-electron chi connectivity index (χ1n) is 7.91. The summed E-state index contributed by atoms with van der Waals surface area (Å²) in [5.74, 6) is 0.226. The summed E-state index contributed by atoms with van der Waals surface area (Å²) in [6, 6.07) is 6.26. The maximum atomic E-state index is 12.7. The number of piperidine rings is 1. The average Bonchev–Trinajstić information content (AvgIpc) is 2.99. The van der Waals surface area contributed by atoms with Crippen molar-refractivity contribution in [3.63, 3.8) is 0 Å². The quantitative estimate of drug-likeness (QED) is 0.871. The van der Waals surface area contributed by atoms with Gasteiger partial charge in [0.05, 0.1) is 6.04 Å². The molecule has 1 aliphatic heterocycles. The van der Waals surface area contributed by atoms with E-state index in [2.05, 4.69) is 25.5 Å². The van der Waals surface area contributed by atoms with Crippen LogP contribution in [0.3, 0.4) is 0 Å². The number of likely N-dealkylation sites (tertiary alicyclic amines) is 1. The van der Waals surface area contributed by atoms with Crippen LogP contribution < -0.4 is 0 Å². The van der Waals surface area contributed by atoms with Gasteiger partial charge in [-0.1, -0.05) is 0 Å². The Kier molecular flexibility index (Phi) is 4.51. The molecule has 5 heteroatoms. The first-order valence-corrected chi connectivity index (χ1v) is 7.91. The second-order valence-corrected chi connectivity index (χ2v) is 5.84. The predicted molar refractivity (Wildman–Crippen MR) is 84.1 cm³/mol. The maximum Gasteiger partial charge on any atom is 0.223 e. The molecule has 2 aromatic rings. The van der Waals surface area contributed by atoms with Crippen LogP contribution in [0.25, 0.3) is 0 Å². The van der Waals surface area contributed by atoms with Crippen molar-refractivity contribution in [1.29, 1.82) is 0 Å². The molecular weight excluding hydrogens is 276 g/mol. The number of carbonyl (C=O) groups excluding carboxylic acids is 1. The van der Waals surface area contributed by atoms with Crippen LogP contribution in [0.15, 0.2) is 36.9 Å². The highest BCUT2D eigenvalue weighted by atomic mass is 16.2. The highest BCUT2D eigenvalue weighted by Crippen LogP contribution is 2.31. The summed E-state index contributed by atoms with van der Waals surface area (Å²) in [4.78, 5) is 22.8. The molecule has 116 valence electrons. The Morgan fingerprint density at radius 2 is 2.27 bits per heavy atom. The summed E-state index contributed by atoms with van der Waals surface area (Å²) in [6.45, 7) is 0.860. The topological polar surface area (TPSA) is 51.0 Å². The maximum absolute atomic E-state index is 12.7. The third-order valence-corrected chi connectivity index (χ3v) is 4.39. The van der Waals surface area contributed by atoms with Gasteiger partial charge in [-0.25, -0.2) is 9.97 Å². The van der Waals surface area contributed by atoms with Gasteiger partial charge in [0, 0.05) is 43.8 Å². The van der Waals surface area contributed by atoms with E-state index in [9.17, 15) is 4.79 Å². The minimum absolute atomic E-state index is 0.214. The van der Waals surface area contributed by atoms with Gasteiger partial charge < -0.3 is 9.47 Å². The molecule has 0 aromatic carbocycles. The SMILES string of the molecule is Cn1cccc1C1CCCCN1C(=O)CCc1ccncn1. The zero-order valence-corrected chi connectivity index (χ0v) is 13.0. The van der Waals surface area contributed by atoms with E-state index in [1.807, 2.05) is 25.4 Å². The molecular formula is C17H22N4O. The van der Waals surface area contributed by atoms with Gasteiger partial charge in [-0.05, 0) is 43.9 Å². The van der Waals surface area contributed by atoms with Crippen molar-refractivity contribution in [2.45, 2.75) is 38.1 Å². The summed E-state index contributed by atoms with van der Waals surface area (Å²) in [6.07, 6.45) is 9.83. The van der Waals surface area contributed by atoms with Gasteiger partial charge in [-0.3, -0.25) is 4.79 Å². The number of hydrogen-bond acceptors (Lipinski definition) is 3. The fraction of sp³-hybridized carbons (Fsp3) is 0.471. The Morgan fingerprint density at radius 3 is 3.00 bits per heavy atom. The fourth-order valence-corrected chi connectivity index (χ4v) is 3.20. The minimum atomic E-state index is 0.214. The molecule has 0 N–H and O–H groups in total. The van der Waals surface area contributed by atoms with Gasteiger partial charge in [-0.2, -0.15) is 0 Å². The van der Waals surface area contributed by atoms with Crippen LogP contribution >= 0.6 is 0 Å². The van der Waals surface area contributed by atoms with Crippen molar-refractivity contribution in [3.8, 4) is 0 Å². The molecule has 1 saturated heterocycles. The van der Waals surface area contributed by atoms with E-state index in [1.54, 1.807) is 6.20 Å². The standard InChI is InChI=1S/C17H22N4O/c1-20-11-4-6-15(20)16-5-2-3-12-21(16)17(22)8-7-14-9-10-18-13-19-14/h4,6,9-11,13,16H,2-3,5,7-8,12H2,1H3. The monoisotopic (exact) mass is 298 g/mol. The fourth-order valence-electron chi connectivity index (χ4n) is 3.20. The van der Waals surface area contributed by atoms with E-state index >= 15 is 0 Å². The molecule has 0 spiro atoms. The molecule has 0 bridgehead atoms. The van der Waals surface area contributed by atoms with Crippen molar-refractivity contribution in [3.05, 3.63) is 48.3 Å². The summed E-state index contributed by atoms with van der Waals surface area (Å²) < 4.78 is 2.13. The lowest BCUT2D eigenvalue weighted by Gasteiger charge is -2.36. The summed E-state index contributed by atoms with van der Waals surface area (Å²) >= 11 is 0. The highest BCUT2D eigenvalue weighted by molar-refractivity contribution is 5.77. The van der Waals surface area contributed by atoms with E-state index in [0.29, 0.717) is 12.8 Å². The van der Waals surface area contributed by atoms with Gasteiger partial charge in [-0.15, -0.1) is 0 Å². The van der Waals surface area contributed by atoms with E-state index < -0.39 is 0 Å². The van der Waals surface area contributed by atoms with Crippen LogP contribution in [0.4, 0.5) is 0 Å². The molecule has 1 amide bonds. The Morgan fingerprint density at radius 1 is 1.36 bits per heavy atom. The second-order valence-electron chi connectivity index (χ2n) is 5.84. The molecule has 0 saturated carbocycles. The highest BCUT2D eigenvalue weighted by Gasteiger charge is 2.28. The Labute approximate surface area is 131 Å². The molecule has 0 radical (unpaired) electrons. The molecule has 1 unspecified atom stereocenters. The van der Waals surface area contributed by atoms with Crippen LogP contribution in [0.5, 0.6) is 0 Å². The van der Waals surface area contributed by atoms with Crippen molar-refractivity contribution in [1.82, 2.24) is 19.4 Å². The normalized spacial score (nSPS) is 18.4. The molecule has 0 aliphatic carbocycles. The van der Waals surface area contributed by atoms with Gasteiger partial charge in [0.1, 0.15) is 6.33 Å². The van der Waals surface area contributed by atoms with Crippen molar-refractivity contribution in [2.75, 3.05) is 6.54 Å². The van der Waals surface area contributed by atoms with E-state index in [1.165, 1.54) is 18.4 Å². The lowest BCUT2D eigenvalue weighted by atomic mass is 9.98. The van der Waals surface area contributed by atoms with Crippen LogP contribution in [0.1, 0.15) is 43.1 Å².